The fraction of sp³-hybridized carbons (Fsp3) is 0.259. The Bertz CT molecular complexity index is 1320. The number of aromatic nitrogens is 1. The van der Waals surface area contributed by atoms with Crippen LogP contribution in [0.15, 0.2) is 59.2 Å². The maximum Gasteiger partial charge on any atom is 0.434 e. The molecule has 1 heterocycles. The number of pyridine rings is 1. The molecule has 188 valence electrons. The number of nitrogens with zero attached hydrogens (tertiary/aromatic N) is 1. The Morgan fingerprint density at radius 3 is 2.56 bits per heavy atom. The highest BCUT2D eigenvalue weighted by atomic mass is 79.9. The fourth-order valence-electron chi connectivity index (χ4n) is 4.21. The highest BCUT2D eigenvalue weighted by molar-refractivity contribution is 9.10. The molecule has 4 rings (SSSR count). The second kappa shape index (κ2) is 10.8. The van der Waals surface area contributed by atoms with Gasteiger partial charge in [-0.3, -0.25) is 4.98 Å². The molecule has 0 atom stereocenters. The van der Waals surface area contributed by atoms with Crippen LogP contribution in [-0.2, 0) is 17.5 Å². The molecule has 4 nitrogen and oxygen atoms in total. The highest BCUT2D eigenvalue weighted by Crippen LogP contribution is 2.44. The smallest absolute Gasteiger partial charge is 0.434 e. The van der Waals surface area contributed by atoms with Gasteiger partial charge in [0.2, 0.25) is 0 Å². The lowest BCUT2D eigenvalue weighted by atomic mass is 9.96. The van der Waals surface area contributed by atoms with E-state index in [0.717, 1.165) is 33.8 Å². The minimum Gasteiger partial charge on any atom is -0.488 e. The standard InChI is InChI=1S/C27H22BrF4NO3/c1-2-35-26(34)22-12-17(14-33-25(22)27(30,31)32)19-7-5-8-20(19)21-13-18(28)10-11-24(21)36-15-16-6-3-4-9-23(16)29/h3-4,6,9-14H,2,5,7-8,15H2,1H3. The number of halogens is 5. The third kappa shape index (κ3) is 5.61. The molecule has 0 spiro atoms. The van der Waals surface area contributed by atoms with Crippen LogP contribution in [0.2, 0.25) is 0 Å². The van der Waals surface area contributed by atoms with E-state index in [1.54, 1.807) is 30.3 Å². The van der Waals surface area contributed by atoms with Gasteiger partial charge in [0.05, 0.1) is 12.2 Å². The normalized spacial score (nSPS) is 13.7. The Hall–Kier alpha value is -3.20. The van der Waals surface area contributed by atoms with Crippen molar-refractivity contribution in [3.8, 4) is 5.75 Å². The Labute approximate surface area is 214 Å². The summed E-state index contributed by atoms with van der Waals surface area (Å²) in [7, 11) is 0. The highest BCUT2D eigenvalue weighted by Gasteiger charge is 2.38. The van der Waals surface area contributed by atoms with Gasteiger partial charge in [0.1, 0.15) is 18.2 Å². The van der Waals surface area contributed by atoms with Crippen LogP contribution in [-0.4, -0.2) is 17.6 Å². The Morgan fingerprint density at radius 1 is 1.08 bits per heavy atom. The van der Waals surface area contributed by atoms with Crippen LogP contribution >= 0.6 is 15.9 Å². The number of benzene rings is 2. The lowest BCUT2D eigenvalue weighted by molar-refractivity contribution is -0.141. The second-order valence-corrected chi connectivity index (χ2v) is 9.09. The molecule has 0 unspecified atom stereocenters. The van der Waals surface area contributed by atoms with Crippen molar-refractivity contribution in [1.82, 2.24) is 4.98 Å². The summed E-state index contributed by atoms with van der Waals surface area (Å²) in [6.45, 7) is 1.48. The van der Waals surface area contributed by atoms with Crippen molar-refractivity contribution in [3.05, 3.63) is 93.0 Å². The van der Waals surface area contributed by atoms with Gasteiger partial charge in [0.25, 0.3) is 0 Å². The third-order valence-corrected chi connectivity index (χ3v) is 6.32. The lowest BCUT2D eigenvalue weighted by Gasteiger charge is -2.17. The largest absolute Gasteiger partial charge is 0.488 e. The molecule has 0 N–H and O–H groups in total. The molecule has 0 saturated heterocycles. The summed E-state index contributed by atoms with van der Waals surface area (Å²) in [4.78, 5) is 16.0. The Kier molecular flexibility index (Phi) is 7.78. The van der Waals surface area contributed by atoms with Crippen molar-refractivity contribution >= 4 is 33.0 Å². The van der Waals surface area contributed by atoms with Gasteiger partial charge in [-0.25, -0.2) is 9.18 Å². The number of rotatable bonds is 7. The van der Waals surface area contributed by atoms with Gasteiger partial charge in [-0.2, -0.15) is 13.2 Å². The molecule has 0 radical (unpaired) electrons. The average Bonchev–Trinajstić information content (AvgIpc) is 3.33. The van der Waals surface area contributed by atoms with Crippen LogP contribution in [0.25, 0.3) is 11.1 Å². The minimum atomic E-state index is -4.80. The molecule has 1 aliphatic carbocycles. The zero-order valence-corrected chi connectivity index (χ0v) is 20.9. The maximum atomic E-state index is 14.1. The van der Waals surface area contributed by atoms with Gasteiger partial charge in [-0.1, -0.05) is 34.1 Å². The summed E-state index contributed by atoms with van der Waals surface area (Å²) in [6.07, 6.45) is -1.66. The van der Waals surface area contributed by atoms with Crippen molar-refractivity contribution in [1.29, 1.82) is 0 Å². The minimum absolute atomic E-state index is 0.0127. The quantitative estimate of drug-likeness (QED) is 0.217. The first-order chi connectivity index (χ1) is 17.2. The first-order valence-electron chi connectivity index (χ1n) is 11.3. The van der Waals surface area contributed by atoms with Crippen molar-refractivity contribution in [2.45, 2.75) is 39.0 Å². The average molecular weight is 564 g/mol. The van der Waals surface area contributed by atoms with Gasteiger partial charge in [0, 0.05) is 21.8 Å². The van der Waals surface area contributed by atoms with Gasteiger partial charge in [-0.05, 0) is 73.2 Å². The molecule has 36 heavy (non-hydrogen) atoms. The fourth-order valence-corrected chi connectivity index (χ4v) is 4.58. The Morgan fingerprint density at radius 2 is 1.83 bits per heavy atom. The molecule has 2 aromatic carbocycles. The number of alkyl halides is 3. The van der Waals surface area contributed by atoms with E-state index in [2.05, 4.69) is 20.9 Å². The zero-order chi connectivity index (χ0) is 25.9. The maximum absolute atomic E-state index is 14.1. The number of carbonyl (C=O) groups is 1. The van der Waals surface area contributed by atoms with E-state index < -0.39 is 23.4 Å². The third-order valence-electron chi connectivity index (χ3n) is 5.83. The van der Waals surface area contributed by atoms with E-state index in [0.29, 0.717) is 29.7 Å². The van der Waals surface area contributed by atoms with Crippen LogP contribution in [0.4, 0.5) is 17.6 Å². The SMILES string of the molecule is CCOC(=O)c1cc(C2=C(c3cc(Br)ccc3OCc3ccccc3F)CCC2)cnc1C(F)(F)F. The van der Waals surface area contributed by atoms with E-state index in [1.165, 1.54) is 19.1 Å². The summed E-state index contributed by atoms with van der Waals surface area (Å²) in [5.41, 5.74) is 1.31. The molecule has 0 amide bonds. The molecule has 9 heteroatoms. The van der Waals surface area contributed by atoms with Gasteiger partial charge in [0.15, 0.2) is 5.69 Å². The van der Waals surface area contributed by atoms with Gasteiger partial charge < -0.3 is 9.47 Å². The van der Waals surface area contributed by atoms with Crippen molar-refractivity contribution < 1.29 is 31.8 Å². The number of carbonyl (C=O) groups excluding carboxylic acids is 1. The van der Waals surface area contributed by atoms with E-state index >= 15 is 0 Å². The van der Waals surface area contributed by atoms with Crippen LogP contribution in [0.5, 0.6) is 5.75 Å². The molecule has 0 bridgehead atoms. The van der Waals surface area contributed by atoms with Crippen LogP contribution < -0.4 is 4.74 Å². The van der Waals surface area contributed by atoms with E-state index in [9.17, 15) is 22.4 Å². The zero-order valence-electron chi connectivity index (χ0n) is 19.3. The van der Waals surface area contributed by atoms with Crippen molar-refractivity contribution in [2.75, 3.05) is 6.61 Å². The topological polar surface area (TPSA) is 48.4 Å². The van der Waals surface area contributed by atoms with E-state index in [4.69, 9.17) is 9.47 Å². The molecule has 0 saturated carbocycles. The number of hydrogen-bond acceptors (Lipinski definition) is 4. The molecule has 0 fully saturated rings. The predicted molar refractivity (Wildman–Crippen MR) is 131 cm³/mol. The van der Waals surface area contributed by atoms with E-state index in [1.807, 2.05) is 6.07 Å². The molecular weight excluding hydrogens is 542 g/mol. The van der Waals surface area contributed by atoms with E-state index in [-0.39, 0.29) is 19.0 Å². The summed E-state index contributed by atoms with van der Waals surface area (Å²) < 4.78 is 66.3. The molecule has 3 aromatic rings. The van der Waals surface area contributed by atoms with Gasteiger partial charge >= 0.3 is 12.1 Å². The van der Waals surface area contributed by atoms with Crippen LogP contribution in [0.1, 0.15) is 58.9 Å². The Balaban J connectivity index is 1.76. The van der Waals surface area contributed by atoms with Crippen molar-refractivity contribution in [2.24, 2.45) is 0 Å². The first-order valence-corrected chi connectivity index (χ1v) is 12.1. The number of esters is 1. The predicted octanol–water partition coefficient (Wildman–Crippen LogP) is 7.85. The molecule has 1 aromatic heterocycles. The first kappa shape index (κ1) is 25.9. The van der Waals surface area contributed by atoms with Gasteiger partial charge in [-0.15, -0.1) is 0 Å². The molecular formula is C27H22BrF4NO3. The lowest BCUT2D eigenvalue weighted by Crippen LogP contribution is -2.17. The summed E-state index contributed by atoms with van der Waals surface area (Å²) in [5, 5.41) is 0. The van der Waals surface area contributed by atoms with Crippen LogP contribution in [0.3, 0.4) is 0 Å². The second-order valence-electron chi connectivity index (χ2n) is 8.17. The number of allylic oxidation sites excluding steroid dienone is 2. The summed E-state index contributed by atoms with van der Waals surface area (Å²) in [6, 6.07) is 12.9. The number of ether oxygens (including phenoxy) is 2. The van der Waals surface area contributed by atoms with Crippen LogP contribution in [0, 0.1) is 5.82 Å². The summed E-state index contributed by atoms with van der Waals surface area (Å²) in [5.74, 6) is -0.934. The molecule has 1 aliphatic rings. The summed E-state index contributed by atoms with van der Waals surface area (Å²) >= 11 is 3.47. The number of hydrogen-bond donors (Lipinski definition) is 0. The molecule has 0 aliphatic heterocycles. The van der Waals surface area contributed by atoms with Crippen molar-refractivity contribution in [3.63, 3.8) is 0 Å². The monoisotopic (exact) mass is 563 g/mol.